The molecular weight excluding hydrogens is 397 g/mol. The number of aromatic nitrogens is 4. The van der Waals surface area contributed by atoms with Gasteiger partial charge in [-0.25, -0.2) is 18.7 Å². The first-order valence-corrected chi connectivity index (χ1v) is 9.85. The third-order valence-corrected chi connectivity index (χ3v) is 5.01. The highest BCUT2D eigenvalue weighted by molar-refractivity contribution is 5.72. The van der Waals surface area contributed by atoms with Gasteiger partial charge in [0.15, 0.2) is 11.2 Å². The van der Waals surface area contributed by atoms with Crippen molar-refractivity contribution in [2.75, 3.05) is 0 Å². The second-order valence-electron chi connectivity index (χ2n) is 7.72. The van der Waals surface area contributed by atoms with Crippen molar-refractivity contribution >= 4 is 11.2 Å². The quantitative estimate of drug-likeness (QED) is 0.499. The molecule has 0 aliphatic carbocycles. The first-order chi connectivity index (χ1) is 14.9. The van der Waals surface area contributed by atoms with E-state index in [1.165, 1.54) is 39.7 Å². The number of hydrogen-bond donors (Lipinski definition) is 0. The first kappa shape index (κ1) is 20.3. The molecule has 0 aliphatic rings. The molecule has 0 radical (unpaired) electrons. The summed E-state index contributed by atoms with van der Waals surface area (Å²) in [5, 5.41) is 9.39. The van der Waals surface area contributed by atoms with Crippen LogP contribution in [0.4, 0.5) is 4.39 Å². The van der Waals surface area contributed by atoms with Crippen LogP contribution >= 0.6 is 0 Å². The van der Waals surface area contributed by atoms with Gasteiger partial charge in [-0.2, -0.15) is 5.26 Å². The number of benzene rings is 2. The van der Waals surface area contributed by atoms with E-state index in [4.69, 9.17) is 0 Å². The van der Waals surface area contributed by atoms with Gasteiger partial charge in [0, 0.05) is 6.54 Å². The zero-order valence-electron chi connectivity index (χ0n) is 17.1. The number of nitriles is 1. The fourth-order valence-electron chi connectivity index (χ4n) is 3.60. The van der Waals surface area contributed by atoms with Crippen molar-refractivity contribution < 1.29 is 4.39 Å². The molecule has 0 bridgehead atoms. The van der Waals surface area contributed by atoms with Gasteiger partial charge in [0.25, 0.3) is 5.56 Å². The number of rotatable bonds is 5. The van der Waals surface area contributed by atoms with E-state index < -0.39 is 17.1 Å². The zero-order valence-corrected chi connectivity index (χ0v) is 17.1. The summed E-state index contributed by atoms with van der Waals surface area (Å²) in [6, 6.07) is 14.7. The molecule has 0 saturated carbocycles. The molecule has 7 nitrogen and oxygen atoms in total. The highest BCUT2D eigenvalue weighted by Gasteiger charge is 2.20. The van der Waals surface area contributed by atoms with E-state index in [1.807, 2.05) is 26.0 Å². The van der Waals surface area contributed by atoms with Crippen LogP contribution in [0.5, 0.6) is 0 Å². The molecule has 156 valence electrons. The summed E-state index contributed by atoms with van der Waals surface area (Å²) in [6.07, 6.45) is 1.49. The molecule has 0 unspecified atom stereocenters. The molecular formula is C23H20FN5O2. The van der Waals surface area contributed by atoms with Crippen LogP contribution in [0, 0.1) is 23.1 Å². The van der Waals surface area contributed by atoms with Gasteiger partial charge >= 0.3 is 5.69 Å². The van der Waals surface area contributed by atoms with Crippen molar-refractivity contribution in [1.29, 1.82) is 5.26 Å². The molecule has 0 saturated heterocycles. The average molecular weight is 417 g/mol. The van der Waals surface area contributed by atoms with E-state index in [1.54, 1.807) is 16.7 Å². The van der Waals surface area contributed by atoms with Crippen LogP contribution in [0.15, 0.2) is 64.4 Å². The lowest BCUT2D eigenvalue weighted by atomic mass is 10.1. The summed E-state index contributed by atoms with van der Waals surface area (Å²) in [7, 11) is 0. The van der Waals surface area contributed by atoms with Crippen molar-refractivity contribution in [2.24, 2.45) is 5.92 Å². The predicted octanol–water partition coefficient (Wildman–Crippen LogP) is 3.06. The fourth-order valence-corrected chi connectivity index (χ4v) is 3.60. The third kappa shape index (κ3) is 3.66. The minimum Gasteiger partial charge on any atom is -0.320 e. The van der Waals surface area contributed by atoms with Crippen molar-refractivity contribution in [3.63, 3.8) is 0 Å². The molecule has 4 rings (SSSR count). The largest absolute Gasteiger partial charge is 0.337 e. The monoisotopic (exact) mass is 417 g/mol. The van der Waals surface area contributed by atoms with Gasteiger partial charge in [-0.1, -0.05) is 32.0 Å². The zero-order chi connectivity index (χ0) is 22.1. The molecule has 2 aromatic heterocycles. The highest BCUT2D eigenvalue weighted by atomic mass is 19.1. The Morgan fingerprint density at radius 2 is 1.81 bits per heavy atom. The lowest BCUT2D eigenvalue weighted by Crippen LogP contribution is -2.41. The maximum absolute atomic E-state index is 13.5. The summed E-state index contributed by atoms with van der Waals surface area (Å²) in [5.74, 6) is -0.373. The minimum atomic E-state index is -0.527. The van der Waals surface area contributed by atoms with E-state index in [0.29, 0.717) is 11.3 Å². The normalized spacial score (nSPS) is 11.2. The number of fused-ring (bicyclic) bond motifs is 1. The second-order valence-corrected chi connectivity index (χ2v) is 7.72. The fraction of sp³-hybridized carbons (Fsp3) is 0.217. The Balaban J connectivity index is 2.00. The number of hydrogen-bond acceptors (Lipinski definition) is 4. The van der Waals surface area contributed by atoms with Crippen molar-refractivity contribution in [3.05, 3.63) is 92.6 Å². The first-order valence-electron chi connectivity index (χ1n) is 9.85. The Labute approximate surface area is 177 Å². The summed E-state index contributed by atoms with van der Waals surface area (Å²) in [6.45, 7) is 4.31. The minimum absolute atomic E-state index is 0.0557. The summed E-state index contributed by atoms with van der Waals surface area (Å²) >= 11 is 0. The van der Waals surface area contributed by atoms with E-state index in [2.05, 4.69) is 11.1 Å². The lowest BCUT2D eigenvalue weighted by Gasteiger charge is -2.14. The SMILES string of the molecule is CC(C)Cn1c(=O)c2c(ncn2Cc2ccccc2C#N)n(-c2ccc(F)cc2)c1=O. The van der Waals surface area contributed by atoms with Crippen LogP contribution in [0.2, 0.25) is 0 Å². The van der Waals surface area contributed by atoms with E-state index >= 15 is 0 Å². The Bertz CT molecular complexity index is 1420. The Kier molecular flexibility index (Phi) is 5.26. The van der Waals surface area contributed by atoms with Crippen LogP contribution in [-0.2, 0) is 13.1 Å². The smallest absolute Gasteiger partial charge is 0.320 e. The van der Waals surface area contributed by atoms with Crippen LogP contribution in [0.25, 0.3) is 16.9 Å². The molecule has 31 heavy (non-hydrogen) atoms. The van der Waals surface area contributed by atoms with Gasteiger partial charge in [0.2, 0.25) is 0 Å². The molecule has 0 fully saturated rings. The van der Waals surface area contributed by atoms with Gasteiger partial charge < -0.3 is 4.57 Å². The number of halogens is 1. The Hall–Kier alpha value is -3.99. The second kappa shape index (κ2) is 8.03. The van der Waals surface area contributed by atoms with E-state index in [0.717, 1.165) is 5.56 Å². The standard InChI is InChI=1S/C23H20FN5O2/c1-15(2)12-28-22(30)20-21(29(23(28)31)19-9-7-18(24)8-10-19)26-14-27(20)13-17-6-4-3-5-16(17)11-25/h3-10,14-15H,12-13H2,1-2H3. The predicted molar refractivity (Wildman–Crippen MR) is 115 cm³/mol. The topological polar surface area (TPSA) is 85.6 Å². The average Bonchev–Trinajstić information content (AvgIpc) is 3.16. The van der Waals surface area contributed by atoms with Crippen LogP contribution < -0.4 is 11.2 Å². The summed E-state index contributed by atoms with van der Waals surface area (Å²) in [5.41, 5.74) is 1.11. The van der Waals surface area contributed by atoms with Crippen molar-refractivity contribution in [3.8, 4) is 11.8 Å². The molecule has 0 N–H and O–H groups in total. The summed E-state index contributed by atoms with van der Waals surface area (Å²) < 4.78 is 17.6. The Morgan fingerprint density at radius 1 is 1.10 bits per heavy atom. The summed E-state index contributed by atoms with van der Waals surface area (Å²) in [4.78, 5) is 30.9. The van der Waals surface area contributed by atoms with Gasteiger partial charge in [-0.05, 0) is 41.8 Å². The molecule has 0 amide bonds. The molecule has 8 heteroatoms. The van der Waals surface area contributed by atoms with Gasteiger partial charge in [-0.15, -0.1) is 0 Å². The molecule has 0 spiro atoms. The van der Waals surface area contributed by atoms with Gasteiger partial charge in [-0.3, -0.25) is 9.36 Å². The van der Waals surface area contributed by atoms with E-state index in [-0.39, 0.29) is 30.2 Å². The third-order valence-electron chi connectivity index (χ3n) is 5.01. The Morgan fingerprint density at radius 3 is 2.48 bits per heavy atom. The number of nitrogens with zero attached hydrogens (tertiary/aromatic N) is 5. The van der Waals surface area contributed by atoms with Crippen LogP contribution in [0.1, 0.15) is 25.0 Å². The lowest BCUT2D eigenvalue weighted by molar-refractivity contribution is 0.489. The van der Waals surface area contributed by atoms with Crippen molar-refractivity contribution in [1.82, 2.24) is 18.7 Å². The van der Waals surface area contributed by atoms with Crippen LogP contribution in [-0.4, -0.2) is 18.7 Å². The molecule has 2 aromatic carbocycles. The van der Waals surface area contributed by atoms with Gasteiger partial charge in [0.05, 0.1) is 30.2 Å². The molecule has 4 aromatic rings. The van der Waals surface area contributed by atoms with E-state index in [9.17, 15) is 19.2 Å². The molecule has 2 heterocycles. The maximum Gasteiger partial charge on any atom is 0.337 e. The maximum atomic E-state index is 13.5. The van der Waals surface area contributed by atoms with Gasteiger partial charge in [0.1, 0.15) is 5.82 Å². The van der Waals surface area contributed by atoms with Crippen LogP contribution in [0.3, 0.4) is 0 Å². The number of imidazole rings is 1. The molecule has 0 aliphatic heterocycles. The van der Waals surface area contributed by atoms with Crippen molar-refractivity contribution in [2.45, 2.75) is 26.9 Å². The molecule has 0 atom stereocenters. The highest BCUT2D eigenvalue weighted by Crippen LogP contribution is 2.17.